The molecule has 0 spiro atoms. The van der Waals surface area contributed by atoms with Crippen LogP contribution >= 0.6 is 0 Å². The zero-order chi connectivity index (χ0) is 14.8. The maximum atomic E-state index is 12.6. The minimum atomic E-state index is -0.831. The van der Waals surface area contributed by atoms with Crippen molar-refractivity contribution in [3.63, 3.8) is 0 Å². The van der Waals surface area contributed by atoms with Crippen molar-refractivity contribution in [3.8, 4) is 0 Å². The molecule has 1 unspecified atom stereocenters. The van der Waals surface area contributed by atoms with E-state index in [4.69, 9.17) is 5.11 Å². The second-order valence-electron chi connectivity index (χ2n) is 6.92. The van der Waals surface area contributed by atoms with Gasteiger partial charge in [0.1, 0.15) is 0 Å². The summed E-state index contributed by atoms with van der Waals surface area (Å²) in [7, 11) is 0. The van der Waals surface area contributed by atoms with E-state index in [-0.39, 0.29) is 12.3 Å². The molecule has 0 aromatic heterocycles. The fourth-order valence-electron chi connectivity index (χ4n) is 3.29. The van der Waals surface area contributed by atoms with E-state index in [1.807, 2.05) is 13.8 Å². The molecule has 1 heterocycles. The van der Waals surface area contributed by atoms with Gasteiger partial charge >= 0.3 is 5.97 Å². The number of carbonyl (C=O) groups is 2. The first-order valence-corrected chi connectivity index (χ1v) is 7.61. The quantitative estimate of drug-likeness (QED) is 0.714. The van der Waals surface area contributed by atoms with Gasteiger partial charge in [-0.3, -0.25) is 9.59 Å². The number of carbonyl (C=O) groups excluding carboxylic acids is 1. The first-order valence-electron chi connectivity index (χ1n) is 7.61. The van der Waals surface area contributed by atoms with Crippen LogP contribution in [0, 0.1) is 11.3 Å². The molecule has 114 valence electrons. The number of carboxylic acid groups (broad SMARTS) is 1. The third-order valence-electron chi connectivity index (χ3n) is 5.08. The average Bonchev–Trinajstić information content (AvgIpc) is 2.36. The molecular formula is C15H26N2O3. The van der Waals surface area contributed by atoms with Gasteiger partial charge in [-0.25, -0.2) is 0 Å². The number of rotatable bonds is 5. The van der Waals surface area contributed by atoms with Crippen LogP contribution in [0.5, 0.6) is 0 Å². The number of aliphatic carboxylic acids is 1. The molecule has 20 heavy (non-hydrogen) atoms. The van der Waals surface area contributed by atoms with Gasteiger partial charge in [-0.1, -0.05) is 13.8 Å². The van der Waals surface area contributed by atoms with Gasteiger partial charge in [0, 0.05) is 5.41 Å². The molecule has 0 bridgehead atoms. The normalized spacial score (nSPS) is 25.6. The summed E-state index contributed by atoms with van der Waals surface area (Å²) < 4.78 is 0. The highest BCUT2D eigenvalue weighted by Gasteiger charge is 2.45. The zero-order valence-electron chi connectivity index (χ0n) is 12.5. The minimum Gasteiger partial charge on any atom is -0.481 e. The topological polar surface area (TPSA) is 78.4 Å². The largest absolute Gasteiger partial charge is 0.481 e. The first kappa shape index (κ1) is 15.3. The Morgan fingerprint density at radius 2 is 2.05 bits per heavy atom. The Bertz CT molecular complexity index is 383. The smallest absolute Gasteiger partial charge is 0.305 e. The van der Waals surface area contributed by atoms with E-state index < -0.39 is 16.9 Å². The number of carboxylic acids is 1. The van der Waals surface area contributed by atoms with E-state index in [1.165, 1.54) is 0 Å². The van der Waals surface area contributed by atoms with Crippen molar-refractivity contribution in [2.75, 3.05) is 13.1 Å². The lowest BCUT2D eigenvalue weighted by Crippen LogP contribution is -2.59. The Morgan fingerprint density at radius 3 is 2.50 bits per heavy atom. The number of amides is 1. The molecule has 5 nitrogen and oxygen atoms in total. The molecule has 1 atom stereocenters. The van der Waals surface area contributed by atoms with Crippen LogP contribution in [0.2, 0.25) is 0 Å². The Balaban J connectivity index is 2.00. The second kappa shape index (κ2) is 5.72. The third kappa shape index (κ3) is 3.14. The Hall–Kier alpha value is -1.10. The predicted octanol–water partition coefficient (Wildman–Crippen LogP) is 1.53. The highest BCUT2D eigenvalue weighted by Crippen LogP contribution is 2.38. The summed E-state index contributed by atoms with van der Waals surface area (Å²) in [6.45, 7) is 5.85. The molecule has 1 aliphatic carbocycles. The van der Waals surface area contributed by atoms with E-state index in [1.54, 1.807) is 0 Å². The van der Waals surface area contributed by atoms with E-state index in [0.29, 0.717) is 5.92 Å². The van der Waals surface area contributed by atoms with Crippen molar-refractivity contribution in [1.29, 1.82) is 0 Å². The van der Waals surface area contributed by atoms with Gasteiger partial charge in [-0.15, -0.1) is 0 Å². The summed E-state index contributed by atoms with van der Waals surface area (Å²) in [6.07, 6.45) is 4.76. The molecule has 0 radical (unpaired) electrons. The Labute approximate surface area is 120 Å². The number of nitrogens with one attached hydrogen (secondary N) is 2. The molecule has 1 amide bonds. The second-order valence-corrected chi connectivity index (χ2v) is 6.92. The maximum absolute atomic E-state index is 12.6. The average molecular weight is 282 g/mol. The van der Waals surface area contributed by atoms with Gasteiger partial charge in [0.25, 0.3) is 0 Å². The lowest BCUT2D eigenvalue weighted by atomic mass is 9.70. The summed E-state index contributed by atoms with van der Waals surface area (Å²) in [5.41, 5.74) is -0.948. The molecule has 2 fully saturated rings. The highest BCUT2D eigenvalue weighted by atomic mass is 16.4. The molecular weight excluding hydrogens is 256 g/mol. The minimum absolute atomic E-state index is 0.00662. The maximum Gasteiger partial charge on any atom is 0.305 e. The highest BCUT2D eigenvalue weighted by molar-refractivity contribution is 5.84. The van der Waals surface area contributed by atoms with Crippen LogP contribution in [0.25, 0.3) is 0 Å². The first-order chi connectivity index (χ1) is 9.36. The SMILES string of the molecule is CC(C)(C(=O)NC1(CC(=O)O)CCC1)C1CCCNC1. The van der Waals surface area contributed by atoms with Gasteiger partial charge < -0.3 is 15.7 Å². The Kier molecular flexibility index (Phi) is 4.37. The number of hydrogen-bond donors (Lipinski definition) is 3. The number of hydrogen-bond acceptors (Lipinski definition) is 3. The van der Waals surface area contributed by atoms with Gasteiger partial charge in [-0.2, -0.15) is 0 Å². The van der Waals surface area contributed by atoms with Crippen LogP contribution in [0.3, 0.4) is 0 Å². The number of piperidine rings is 1. The van der Waals surface area contributed by atoms with Crippen LogP contribution in [0.15, 0.2) is 0 Å². The standard InChI is InChI=1S/C15H26N2O3/c1-14(2,11-5-3-8-16-10-11)13(20)17-15(6-4-7-15)9-12(18)19/h11,16H,3-10H2,1-2H3,(H,17,20)(H,18,19). The van der Waals surface area contributed by atoms with Crippen LogP contribution in [-0.2, 0) is 9.59 Å². The third-order valence-corrected chi connectivity index (χ3v) is 5.08. The molecule has 2 rings (SSSR count). The van der Waals surface area contributed by atoms with E-state index in [2.05, 4.69) is 10.6 Å². The van der Waals surface area contributed by atoms with Gasteiger partial charge in [-0.05, 0) is 51.1 Å². The lowest BCUT2D eigenvalue weighted by Gasteiger charge is -2.45. The van der Waals surface area contributed by atoms with Crippen molar-refractivity contribution >= 4 is 11.9 Å². The monoisotopic (exact) mass is 282 g/mol. The lowest BCUT2D eigenvalue weighted by molar-refractivity contribution is -0.142. The predicted molar refractivity (Wildman–Crippen MR) is 76.4 cm³/mol. The van der Waals surface area contributed by atoms with Crippen molar-refractivity contribution in [2.45, 2.75) is 57.9 Å². The molecule has 1 aliphatic heterocycles. The van der Waals surface area contributed by atoms with E-state index >= 15 is 0 Å². The molecule has 0 aromatic carbocycles. The fourth-order valence-corrected chi connectivity index (χ4v) is 3.29. The van der Waals surface area contributed by atoms with Gasteiger partial charge in [0.05, 0.1) is 12.0 Å². The summed E-state index contributed by atoms with van der Waals surface area (Å²) in [5, 5.41) is 15.4. The van der Waals surface area contributed by atoms with E-state index in [0.717, 1.165) is 45.2 Å². The van der Waals surface area contributed by atoms with Crippen molar-refractivity contribution in [3.05, 3.63) is 0 Å². The van der Waals surface area contributed by atoms with E-state index in [9.17, 15) is 9.59 Å². The molecule has 5 heteroatoms. The summed E-state index contributed by atoms with van der Waals surface area (Å²) in [5.74, 6) is -0.507. The van der Waals surface area contributed by atoms with Gasteiger partial charge in [0.2, 0.25) is 5.91 Å². The molecule has 0 aromatic rings. The van der Waals surface area contributed by atoms with Crippen molar-refractivity contribution < 1.29 is 14.7 Å². The summed E-state index contributed by atoms with van der Waals surface area (Å²) in [4.78, 5) is 23.6. The Morgan fingerprint density at radius 1 is 1.35 bits per heavy atom. The molecule has 3 N–H and O–H groups in total. The molecule has 1 saturated carbocycles. The fraction of sp³-hybridized carbons (Fsp3) is 0.867. The van der Waals surface area contributed by atoms with Crippen LogP contribution in [0.1, 0.15) is 52.4 Å². The van der Waals surface area contributed by atoms with Crippen LogP contribution in [0.4, 0.5) is 0 Å². The summed E-state index contributed by atoms with van der Waals surface area (Å²) in [6, 6.07) is 0. The zero-order valence-corrected chi connectivity index (χ0v) is 12.5. The molecule has 1 saturated heterocycles. The van der Waals surface area contributed by atoms with Crippen molar-refractivity contribution in [1.82, 2.24) is 10.6 Å². The van der Waals surface area contributed by atoms with Crippen LogP contribution < -0.4 is 10.6 Å². The van der Waals surface area contributed by atoms with Crippen LogP contribution in [-0.4, -0.2) is 35.6 Å². The van der Waals surface area contributed by atoms with Crippen molar-refractivity contribution in [2.24, 2.45) is 11.3 Å². The molecule has 2 aliphatic rings. The summed E-state index contributed by atoms with van der Waals surface area (Å²) >= 11 is 0. The van der Waals surface area contributed by atoms with Gasteiger partial charge in [0.15, 0.2) is 0 Å².